The lowest BCUT2D eigenvalue weighted by atomic mass is 10.1. The Kier molecular flexibility index (Phi) is 4.52. The maximum atomic E-state index is 12.8. The highest BCUT2D eigenvalue weighted by Gasteiger charge is 2.26. The molecule has 0 radical (unpaired) electrons. The van der Waals surface area contributed by atoms with Crippen LogP contribution < -0.4 is 15.4 Å². The van der Waals surface area contributed by atoms with Crippen molar-refractivity contribution in [1.82, 2.24) is 10.6 Å². The number of carbonyl (C=O) groups is 2. The fourth-order valence-corrected chi connectivity index (χ4v) is 2.53. The molecular weight excluding hydrogens is 331 g/mol. The molecular formula is C17H13FN2O3S. The number of amides is 1. The molecule has 122 valence electrons. The van der Waals surface area contributed by atoms with Crippen molar-refractivity contribution in [3.8, 4) is 5.75 Å². The summed E-state index contributed by atoms with van der Waals surface area (Å²) >= 11 is 4.89. The number of hydrogen-bond acceptors (Lipinski definition) is 4. The van der Waals surface area contributed by atoms with Crippen molar-refractivity contribution in [1.29, 1.82) is 0 Å². The van der Waals surface area contributed by atoms with E-state index in [1.165, 1.54) is 24.3 Å². The summed E-state index contributed by atoms with van der Waals surface area (Å²) in [4.78, 5) is 23.6. The summed E-state index contributed by atoms with van der Waals surface area (Å²) in [5, 5.41) is 5.74. The van der Waals surface area contributed by atoms with Gasteiger partial charge in [-0.25, -0.2) is 9.18 Å². The Hall–Kier alpha value is -2.80. The average molecular weight is 344 g/mol. The molecule has 1 atom stereocenters. The van der Waals surface area contributed by atoms with Gasteiger partial charge in [0.25, 0.3) is 0 Å². The Morgan fingerprint density at radius 1 is 1.12 bits per heavy atom. The van der Waals surface area contributed by atoms with E-state index in [4.69, 9.17) is 17.0 Å². The molecule has 2 aromatic rings. The lowest BCUT2D eigenvalue weighted by Gasteiger charge is -2.09. The van der Waals surface area contributed by atoms with Crippen LogP contribution in [-0.4, -0.2) is 23.0 Å². The minimum atomic E-state index is -0.565. The van der Waals surface area contributed by atoms with E-state index < -0.39 is 17.8 Å². The van der Waals surface area contributed by atoms with Crippen LogP contribution in [0.5, 0.6) is 5.75 Å². The Morgan fingerprint density at radius 2 is 1.79 bits per heavy atom. The van der Waals surface area contributed by atoms with Gasteiger partial charge in [-0.15, -0.1) is 0 Å². The maximum Gasteiger partial charge on any atom is 0.343 e. The highest BCUT2D eigenvalue weighted by molar-refractivity contribution is 7.80. The highest BCUT2D eigenvalue weighted by atomic mass is 32.1. The normalized spacial score (nSPS) is 16.5. The number of thiocarbonyl (C=S) groups is 1. The second-order valence-electron chi connectivity index (χ2n) is 5.26. The molecule has 0 spiro atoms. The van der Waals surface area contributed by atoms with Crippen LogP contribution in [0.4, 0.5) is 4.39 Å². The molecule has 0 bridgehead atoms. The zero-order valence-electron chi connectivity index (χ0n) is 12.4. The fourth-order valence-electron chi connectivity index (χ4n) is 2.28. The topological polar surface area (TPSA) is 67.4 Å². The molecule has 1 heterocycles. The number of esters is 1. The summed E-state index contributed by atoms with van der Waals surface area (Å²) in [6.07, 6.45) is 0.470. The summed E-state index contributed by atoms with van der Waals surface area (Å²) in [6, 6.07) is 11.5. The van der Waals surface area contributed by atoms with Gasteiger partial charge in [0.15, 0.2) is 5.11 Å². The van der Waals surface area contributed by atoms with Crippen LogP contribution in [0.2, 0.25) is 0 Å². The van der Waals surface area contributed by atoms with Gasteiger partial charge in [-0.3, -0.25) is 4.79 Å². The highest BCUT2D eigenvalue weighted by Crippen LogP contribution is 2.16. The van der Waals surface area contributed by atoms with Gasteiger partial charge in [-0.1, -0.05) is 12.1 Å². The molecule has 1 unspecified atom stereocenters. The van der Waals surface area contributed by atoms with Crippen LogP contribution in [0.25, 0.3) is 0 Å². The van der Waals surface area contributed by atoms with Crippen molar-refractivity contribution in [2.24, 2.45) is 0 Å². The summed E-state index contributed by atoms with van der Waals surface area (Å²) in [5.41, 5.74) is 1.16. The molecule has 24 heavy (non-hydrogen) atoms. The molecule has 1 aliphatic heterocycles. The Balaban J connectivity index is 1.62. The van der Waals surface area contributed by atoms with Crippen LogP contribution in [0.15, 0.2) is 48.5 Å². The summed E-state index contributed by atoms with van der Waals surface area (Å²) in [5.74, 6) is -0.774. The van der Waals surface area contributed by atoms with Gasteiger partial charge < -0.3 is 15.4 Å². The van der Waals surface area contributed by atoms with E-state index in [0.29, 0.717) is 17.3 Å². The van der Waals surface area contributed by atoms with Crippen LogP contribution >= 0.6 is 12.2 Å². The second-order valence-corrected chi connectivity index (χ2v) is 5.67. The molecule has 0 aliphatic carbocycles. The number of rotatable bonds is 4. The van der Waals surface area contributed by atoms with E-state index in [2.05, 4.69) is 10.6 Å². The molecule has 5 nitrogen and oxygen atoms in total. The molecule has 2 N–H and O–H groups in total. The van der Waals surface area contributed by atoms with Crippen molar-refractivity contribution in [2.75, 3.05) is 0 Å². The lowest BCUT2D eigenvalue weighted by molar-refractivity contribution is -0.120. The van der Waals surface area contributed by atoms with E-state index in [1.807, 2.05) is 0 Å². The third-order valence-corrected chi connectivity index (χ3v) is 3.73. The first-order valence-electron chi connectivity index (χ1n) is 7.19. The van der Waals surface area contributed by atoms with Gasteiger partial charge in [0, 0.05) is 6.42 Å². The number of carbonyl (C=O) groups excluding carboxylic acids is 2. The molecule has 1 fully saturated rings. The zero-order chi connectivity index (χ0) is 17.1. The quantitative estimate of drug-likeness (QED) is 0.504. The molecule has 3 rings (SSSR count). The molecule has 1 amide bonds. The first kappa shape index (κ1) is 16.1. The van der Waals surface area contributed by atoms with E-state index >= 15 is 0 Å². The predicted molar refractivity (Wildman–Crippen MR) is 89.2 cm³/mol. The number of benzene rings is 2. The van der Waals surface area contributed by atoms with Crippen LogP contribution in [0, 0.1) is 5.82 Å². The Bertz CT molecular complexity index is 790. The third-order valence-electron chi connectivity index (χ3n) is 3.51. The van der Waals surface area contributed by atoms with Crippen molar-refractivity contribution < 1.29 is 18.7 Å². The van der Waals surface area contributed by atoms with Gasteiger partial charge >= 0.3 is 5.97 Å². The van der Waals surface area contributed by atoms with Gasteiger partial charge in [-0.2, -0.15) is 0 Å². The minimum Gasteiger partial charge on any atom is -0.423 e. The molecule has 0 saturated carbocycles. The van der Waals surface area contributed by atoms with Crippen molar-refractivity contribution >= 4 is 29.2 Å². The smallest absolute Gasteiger partial charge is 0.343 e. The first-order chi connectivity index (χ1) is 11.5. The van der Waals surface area contributed by atoms with Gasteiger partial charge in [0.1, 0.15) is 17.6 Å². The monoisotopic (exact) mass is 344 g/mol. The average Bonchev–Trinajstić information content (AvgIpc) is 2.87. The Morgan fingerprint density at radius 3 is 2.38 bits per heavy atom. The van der Waals surface area contributed by atoms with E-state index in [1.54, 1.807) is 24.3 Å². The van der Waals surface area contributed by atoms with Gasteiger partial charge in [0.05, 0.1) is 5.56 Å². The van der Waals surface area contributed by atoms with E-state index in [-0.39, 0.29) is 11.5 Å². The largest absolute Gasteiger partial charge is 0.423 e. The fraction of sp³-hybridized carbons (Fsp3) is 0.118. The van der Waals surface area contributed by atoms with Crippen molar-refractivity contribution in [2.45, 2.75) is 12.5 Å². The summed E-state index contributed by atoms with van der Waals surface area (Å²) < 4.78 is 18.1. The number of hydrogen-bond donors (Lipinski definition) is 2. The molecule has 0 aromatic heterocycles. The van der Waals surface area contributed by atoms with Crippen LogP contribution in [0.1, 0.15) is 15.9 Å². The molecule has 1 aliphatic rings. The number of nitrogens with one attached hydrogen (secondary N) is 2. The standard InChI is InChI=1S/C17H13FN2O3S/c18-12-5-3-11(4-6-12)16(22)23-13-7-1-10(2-8-13)9-14-15(21)20-17(24)19-14/h1-8,14H,9H2,(H2,19,20,21,24). The molecule has 1 saturated heterocycles. The lowest BCUT2D eigenvalue weighted by Crippen LogP contribution is -2.30. The SMILES string of the molecule is O=C(Oc1ccc(CC2NC(=S)NC2=O)cc1)c1ccc(F)cc1. The van der Waals surface area contributed by atoms with Crippen LogP contribution in [-0.2, 0) is 11.2 Å². The summed E-state index contributed by atoms with van der Waals surface area (Å²) in [7, 11) is 0. The zero-order valence-corrected chi connectivity index (χ0v) is 13.2. The Labute approximate surface area is 142 Å². The first-order valence-corrected chi connectivity index (χ1v) is 7.60. The molecule has 2 aromatic carbocycles. The maximum absolute atomic E-state index is 12.8. The van der Waals surface area contributed by atoms with E-state index in [9.17, 15) is 14.0 Å². The number of ether oxygens (including phenoxy) is 1. The van der Waals surface area contributed by atoms with Gasteiger partial charge in [0.2, 0.25) is 5.91 Å². The molecule has 7 heteroatoms. The minimum absolute atomic E-state index is 0.160. The van der Waals surface area contributed by atoms with Gasteiger partial charge in [-0.05, 0) is 54.2 Å². The van der Waals surface area contributed by atoms with Crippen molar-refractivity contribution in [3.63, 3.8) is 0 Å². The van der Waals surface area contributed by atoms with E-state index in [0.717, 1.165) is 5.56 Å². The second kappa shape index (κ2) is 6.76. The van der Waals surface area contributed by atoms with Crippen LogP contribution in [0.3, 0.4) is 0 Å². The third kappa shape index (κ3) is 3.75. The number of halogens is 1. The summed E-state index contributed by atoms with van der Waals surface area (Å²) in [6.45, 7) is 0. The van der Waals surface area contributed by atoms with Crippen molar-refractivity contribution in [3.05, 3.63) is 65.5 Å². The predicted octanol–water partition coefficient (Wildman–Crippen LogP) is 1.96.